The summed E-state index contributed by atoms with van der Waals surface area (Å²) in [4.78, 5) is 13.3. The summed E-state index contributed by atoms with van der Waals surface area (Å²) in [6, 6.07) is 8.95. The molecule has 7 nitrogen and oxygen atoms in total. The molecule has 8 heteroatoms. The summed E-state index contributed by atoms with van der Waals surface area (Å²) < 4.78 is 0. The number of aromatic nitrogens is 3. The summed E-state index contributed by atoms with van der Waals surface area (Å²) >= 11 is 6.04. The molecule has 0 bridgehead atoms. The third-order valence-electron chi connectivity index (χ3n) is 4.59. The minimum absolute atomic E-state index is 0.0915. The molecule has 0 saturated carbocycles. The predicted molar refractivity (Wildman–Crippen MR) is 113 cm³/mol. The summed E-state index contributed by atoms with van der Waals surface area (Å²) in [7, 11) is 0. The molecular formula is C21H25ClN4O3. The Labute approximate surface area is 174 Å². The highest BCUT2D eigenvalue weighted by molar-refractivity contribution is 6.31. The molecule has 0 atom stereocenters. The summed E-state index contributed by atoms with van der Waals surface area (Å²) in [5, 5.41) is 31.9. The number of benzene rings is 2. The highest BCUT2D eigenvalue weighted by Gasteiger charge is 2.23. The molecule has 0 aliphatic rings. The van der Waals surface area contributed by atoms with Gasteiger partial charge in [0, 0.05) is 23.6 Å². The zero-order valence-corrected chi connectivity index (χ0v) is 17.5. The van der Waals surface area contributed by atoms with Gasteiger partial charge in [0.25, 0.3) is 0 Å². The van der Waals surface area contributed by atoms with Crippen molar-refractivity contribution in [3.8, 4) is 11.4 Å². The summed E-state index contributed by atoms with van der Waals surface area (Å²) in [5.74, 6) is -0.0269. The van der Waals surface area contributed by atoms with E-state index in [0.717, 1.165) is 11.1 Å². The Morgan fingerprint density at radius 3 is 2.59 bits per heavy atom. The van der Waals surface area contributed by atoms with Crippen molar-refractivity contribution in [3.63, 3.8) is 0 Å². The Balaban J connectivity index is 2.01. The van der Waals surface area contributed by atoms with Crippen LogP contribution in [0.4, 0.5) is 0 Å². The molecule has 0 aliphatic carbocycles. The second kappa shape index (κ2) is 8.39. The van der Waals surface area contributed by atoms with Gasteiger partial charge in [-0.2, -0.15) is 0 Å². The highest BCUT2D eigenvalue weighted by Crippen LogP contribution is 2.36. The monoisotopic (exact) mass is 416 g/mol. The number of rotatable bonds is 6. The van der Waals surface area contributed by atoms with Crippen LogP contribution in [0.5, 0.6) is 5.75 Å². The van der Waals surface area contributed by atoms with Crippen molar-refractivity contribution in [2.45, 2.75) is 39.0 Å². The Morgan fingerprint density at radius 2 is 1.90 bits per heavy atom. The fourth-order valence-corrected chi connectivity index (χ4v) is 3.25. The minimum Gasteiger partial charge on any atom is -0.505 e. The van der Waals surface area contributed by atoms with E-state index < -0.39 is 0 Å². The second-order valence-corrected chi connectivity index (χ2v) is 8.39. The first-order chi connectivity index (χ1) is 13.7. The number of nitrogens with one attached hydrogen (secondary N) is 1. The lowest BCUT2D eigenvalue weighted by Crippen LogP contribution is -2.26. The van der Waals surface area contributed by atoms with E-state index in [0.29, 0.717) is 28.2 Å². The van der Waals surface area contributed by atoms with Gasteiger partial charge >= 0.3 is 0 Å². The summed E-state index contributed by atoms with van der Waals surface area (Å²) in [5.41, 5.74) is 3.07. The smallest absolute Gasteiger partial charge is 0.220 e. The zero-order chi connectivity index (χ0) is 21.2. The topological polar surface area (TPSA) is 100 Å². The number of aryl methyl sites for hydroxylation is 1. The number of hydrogen-bond donors (Lipinski definition) is 3. The lowest BCUT2D eigenvalue weighted by atomic mass is 9.84. The van der Waals surface area contributed by atoms with Gasteiger partial charge in [-0.15, -0.1) is 15.0 Å². The zero-order valence-electron chi connectivity index (χ0n) is 16.7. The van der Waals surface area contributed by atoms with Crippen LogP contribution in [0, 0.1) is 0 Å². The number of phenolic OH excluding ortho intramolecular Hbond substituents is 1. The molecule has 0 spiro atoms. The third kappa shape index (κ3) is 4.86. The van der Waals surface area contributed by atoms with Gasteiger partial charge in [-0.05, 0) is 41.7 Å². The average Bonchev–Trinajstić information content (AvgIpc) is 3.07. The first-order valence-electron chi connectivity index (χ1n) is 9.46. The average molecular weight is 417 g/mol. The number of aliphatic hydroxyl groups excluding tert-OH is 1. The van der Waals surface area contributed by atoms with Crippen molar-refractivity contribution in [1.82, 2.24) is 20.3 Å². The molecule has 0 radical (unpaired) electrons. The molecular weight excluding hydrogens is 392 g/mol. The molecule has 3 N–H and O–H groups in total. The molecule has 0 fully saturated rings. The lowest BCUT2D eigenvalue weighted by molar-refractivity contribution is -0.121. The van der Waals surface area contributed by atoms with Crippen LogP contribution in [-0.4, -0.2) is 44.3 Å². The Kier molecular flexibility index (Phi) is 6.10. The molecule has 3 aromatic rings. The minimum atomic E-state index is -0.316. The number of aliphatic hydroxyl groups is 1. The third-order valence-corrected chi connectivity index (χ3v) is 4.83. The Morgan fingerprint density at radius 1 is 1.17 bits per heavy atom. The van der Waals surface area contributed by atoms with E-state index in [4.69, 9.17) is 16.7 Å². The van der Waals surface area contributed by atoms with E-state index in [1.54, 1.807) is 24.3 Å². The number of amides is 1. The summed E-state index contributed by atoms with van der Waals surface area (Å²) in [6.07, 6.45) is 0.762. The van der Waals surface area contributed by atoms with Crippen LogP contribution >= 0.6 is 11.6 Å². The van der Waals surface area contributed by atoms with Gasteiger partial charge in [0.1, 0.15) is 22.5 Å². The molecule has 0 saturated heterocycles. The fraction of sp³-hybridized carbons (Fsp3) is 0.381. The lowest BCUT2D eigenvalue weighted by Gasteiger charge is -2.23. The van der Waals surface area contributed by atoms with Crippen LogP contribution in [0.1, 0.15) is 38.3 Å². The maximum absolute atomic E-state index is 11.9. The summed E-state index contributed by atoms with van der Waals surface area (Å²) in [6.45, 7) is 6.17. The van der Waals surface area contributed by atoms with Crippen LogP contribution in [0.15, 0.2) is 30.3 Å². The van der Waals surface area contributed by atoms with Gasteiger partial charge in [-0.25, -0.2) is 0 Å². The molecule has 29 heavy (non-hydrogen) atoms. The number of carbonyl (C=O) groups excluding carboxylic acids is 1. The number of carbonyl (C=O) groups is 1. The van der Waals surface area contributed by atoms with E-state index in [9.17, 15) is 9.90 Å². The molecule has 154 valence electrons. The normalized spacial score (nSPS) is 11.8. The van der Waals surface area contributed by atoms with Gasteiger partial charge in [-0.3, -0.25) is 4.79 Å². The molecule has 1 amide bonds. The van der Waals surface area contributed by atoms with Crippen molar-refractivity contribution < 1.29 is 15.0 Å². The highest BCUT2D eigenvalue weighted by atomic mass is 35.5. The molecule has 0 aliphatic heterocycles. The quantitative estimate of drug-likeness (QED) is 0.573. The van der Waals surface area contributed by atoms with Crippen molar-refractivity contribution in [2.24, 2.45) is 0 Å². The van der Waals surface area contributed by atoms with Gasteiger partial charge < -0.3 is 15.5 Å². The van der Waals surface area contributed by atoms with Crippen LogP contribution in [0.3, 0.4) is 0 Å². The van der Waals surface area contributed by atoms with E-state index in [-0.39, 0.29) is 36.6 Å². The van der Waals surface area contributed by atoms with E-state index in [1.165, 1.54) is 4.80 Å². The van der Waals surface area contributed by atoms with Crippen LogP contribution < -0.4 is 5.32 Å². The number of aromatic hydroxyl groups is 1. The van der Waals surface area contributed by atoms with E-state index in [2.05, 4.69) is 15.5 Å². The molecule has 1 heterocycles. The van der Waals surface area contributed by atoms with Gasteiger partial charge in [0.05, 0.1) is 6.61 Å². The van der Waals surface area contributed by atoms with Crippen molar-refractivity contribution in [2.75, 3.05) is 13.2 Å². The standard InChI is InChI=1S/C21H25ClN4O3/c1-21(2,3)15-10-13(4-7-19(28)23-8-9-27)11-18(20(15)29)26-24-16-6-5-14(22)12-17(16)25-26/h5-6,10-12,27,29H,4,7-9H2,1-3H3,(H,23,28). The maximum atomic E-state index is 11.9. The molecule has 2 aromatic carbocycles. The van der Waals surface area contributed by atoms with Crippen molar-refractivity contribution >= 4 is 28.5 Å². The van der Waals surface area contributed by atoms with E-state index >= 15 is 0 Å². The maximum Gasteiger partial charge on any atom is 0.220 e. The number of phenols is 1. The molecule has 1 aromatic heterocycles. The fourth-order valence-electron chi connectivity index (χ4n) is 3.08. The first-order valence-corrected chi connectivity index (χ1v) is 9.84. The van der Waals surface area contributed by atoms with Crippen molar-refractivity contribution in [3.05, 3.63) is 46.5 Å². The van der Waals surface area contributed by atoms with Gasteiger partial charge in [0.15, 0.2) is 0 Å². The molecule has 0 unspecified atom stereocenters. The number of halogens is 1. The van der Waals surface area contributed by atoms with Crippen LogP contribution in [-0.2, 0) is 16.6 Å². The number of fused-ring (bicyclic) bond motifs is 1. The Bertz CT molecular complexity index is 1040. The number of hydrogen-bond acceptors (Lipinski definition) is 5. The second-order valence-electron chi connectivity index (χ2n) is 7.96. The SMILES string of the molecule is CC(C)(C)c1cc(CCC(=O)NCCO)cc(-n2nc3ccc(Cl)cc3n2)c1O. The van der Waals surface area contributed by atoms with Crippen LogP contribution in [0.25, 0.3) is 16.7 Å². The van der Waals surface area contributed by atoms with Crippen molar-refractivity contribution in [1.29, 1.82) is 0 Å². The number of nitrogens with zero attached hydrogens (tertiary/aromatic N) is 3. The van der Waals surface area contributed by atoms with Gasteiger partial charge in [0.2, 0.25) is 5.91 Å². The predicted octanol–water partition coefficient (Wildman–Crippen LogP) is 3.12. The Hall–Kier alpha value is -2.64. The van der Waals surface area contributed by atoms with Gasteiger partial charge in [-0.1, -0.05) is 38.4 Å². The van der Waals surface area contributed by atoms with E-state index in [1.807, 2.05) is 26.8 Å². The molecule has 3 rings (SSSR count). The first kappa shape index (κ1) is 21.1. The van der Waals surface area contributed by atoms with Crippen LogP contribution in [0.2, 0.25) is 5.02 Å². The largest absolute Gasteiger partial charge is 0.505 e.